The van der Waals surface area contributed by atoms with Crippen LogP contribution in [-0.4, -0.2) is 28.8 Å². The Bertz CT molecular complexity index is 452. The average molecular weight is 266 g/mol. The molecule has 1 aromatic carbocycles. The molecule has 0 saturated heterocycles. The molecule has 1 amide bonds. The number of amides is 1. The molecule has 0 radical (unpaired) electrons. The quantitative estimate of drug-likeness (QED) is 0.490. The van der Waals surface area contributed by atoms with Gasteiger partial charge in [0, 0.05) is 12.2 Å². The van der Waals surface area contributed by atoms with Crippen molar-refractivity contribution in [2.45, 2.75) is 33.3 Å². The fraction of sp³-hybridized carbons (Fsp3) is 0.500. The van der Waals surface area contributed by atoms with Crippen LogP contribution in [0.4, 0.5) is 5.69 Å². The number of carbonyl (C=O) groups excluding carboxylic acids is 1. The number of nitrogens with one attached hydrogen (secondary N) is 1. The van der Waals surface area contributed by atoms with Crippen LogP contribution >= 0.6 is 0 Å². The summed E-state index contributed by atoms with van der Waals surface area (Å²) in [5, 5.41) is 21.8. The lowest BCUT2D eigenvalue weighted by molar-refractivity contribution is 0.0869. The van der Waals surface area contributed by atoms with Gasteiger partial charge >= 0.3 is 0 Å². The maximum absolute atomic E-state index is 11.9. The summed E-state index contributed by atoms with van der Waals surface area (Å²) in [4.78, 5) is 11.9. The molecule has 0 fully saturated rings. The van der Waals surface area contributed by atoms with Crippen molar-refractivity contribution in [2.75, 3.05) is 12.3 Å². The summed E-state index contributed by atoms with van der Waals surface area (Å²) in [7, 11) is 0. The van der Waals surface area contributed by atoms with E-state index in [4.69, 9.17) is 5.73 Å². The SMILES string of the molecule is CC(C)(C)CC(O)CNC(=O)c1cc(O)ccc1N. The number of nitrogens with two attached hydrogens (primary N) is 1. The lowest BCUT2D eigenvalue weighted by atomic mass is 9.89. The van der Waals surface area contributed by atoms with Gasteiger partial charge in [0.05, 0.1) is 11.7 Å². The van der Waals surface area contributed by atoms with Gasteiger partial charge in [0.2, 0.25) is 0 Å². The van der Waals surface area contributed by atoms with E-state index >= 15 is 0 Å². The number of aromatic hydroxyl groups is 1. The van der Waals surface area contributed by atoms with Crippen LogP contribution in [0.2, 0.25) is 0 Å². The number of rotatable bonds is 4. The molecule has 1 aromatic rings. The third-order valence-corrected chi connectivity index (χ3v) is 2.63. The number of hydrogen-bond donors (Lipinski definition) is 4. The van der Waals surface area contributed by atoms with Crippen LogP contribution in [-0.2, 0) is 0 Å². The second-order valence-electron chi connectivity index (χ2n) is 5.90. The van der Waals surface area contributed by atoms with E-state index in [1.807, 2.05) is 20.8 Å². The lowest BCUT2D eigenvalue weighted by Gasteiger charge is -2.22. The Hall–Kier alpha value is -1.75. The van der Waals surface area contributed by atoms with Gasteiger partial charge in [-0.15, -0.1) is 0 Å². The monoisotopic (exact) mass is 266 g/mol. The van der Waals surface area contributed by atoms with E-state index in [-0.39, 0.29) is 23.3 Å². The zero-order valence-electron chi connectivity index (χ0n) is 11.6. The first kappa shape index (κ1) is 15.3. The first-order valence-corrected chi connectivity index (χ1v) is 6.24. The molecule has 5 nitrogen and oxygen atoms in total. The number of benzene rings is 1. The van der Waals surface area contributed by atoms with Crippen molar-refractivity contribution in [3.8, 4) is 5.75 Å². The second kappa shape index (κ2) is 5.93. The Morgan fingerprint density at radius 1 is 1.42 bits per heavy atom. The molecule has 0 aliphatic carbocycles. The fourth-order valence-corrected chi connectivity index (χ4v) is 1.83. The maximum atomic E-state index is 11.9. The number of anilines is 1. The number of nitrogen functional groups attached to an aromatic ring is 1. The second-order valence-corrected chi connectivity index (χ2v) is 5.90. The van der Waals surface area contributed by atoms with Crippen LogP contribution in [0.1, 0.15) is 37.6 Å². The fourth-order valence-electron chi connectivity index (χ4n) is 1.83. The Balaban J connectivity index is 2.58. The molecular formula is C14H22N2O3. The Kier molecular flexibility index (Phi) is 4.78. The van der Waals surface area contributed by atoms with Gasteiger partial charge in [0.1, 0.15) is 5.75 Å². The van der Waals surface area contributed by atoms with Gasteiger partial charge in [-0.05, 0) is 30.0 Å². The molecule has 106 valence electrons. The number of aliphatic hydroxyl groups excluding tert-OH is 1. The predicted octanol–water partition coefficient (Wildman–Crippen LogP) is 1.50. The van der Waals surface area contributed by atoms with Gasteiger partial charge in [-0.25, -0.2) is 0 Å². The highest BCUT2D eigenvalue weighted by molar-refractivity contribution is 5.99. The molecule has 0 saturated carbocycles. The standard InChI is InChI=1S/C14H22N2O3/c1-14(2,3)7-10(18)8-16-13(19)11-6-9(17)4-5-12(11)15/h4-6,10,17-18H,7-8,15H2,1-3H3,(H,16,19). The Labute approximate surface area is 113 Å². The molecule has 5 heteroatoms. The van der Waals surface area contributed by atoms with Crippen LogP contribution in [0.3, 0.4) is 0 Å². The summed E-state index contributed by atoms with van der Waals surface area (Å²) in [6.45, 7) is 6.22. The summed E-state index contributed by atoms with van der Waals surface area (Å²) in [6, 6.07) is 4.19. The molecule has 1 unspecified atom stereocenters. The first-order chi connectivity index (χ1) is 8.69. The lowest BCUT2D eigenvalue weighted by Crippen LogP contribution is -2.34. The minimum atomic E-state index is -0.609. The highest BCUT2D eigenvalue weighted by Crippen LogP contribution is 2.21. The molecule has 1 atom stereocenters. The molecule has 0 bridgehead atoms. The minimum Gasteiger partial charge on any atom is -0.508 e. The largest absolute Gasteiger partial charge is 0.508 e. The van der Waals surface area contributed by atoms with Crippen LogP contribution < -0.4 is 11.1 Å². The van der Waals surface area contributed by atoms with Crippen molar-refractivity contribution >= 4 is 11.6 Å². The predicted molar refractivity (Wildman–Crippen MR) is 74.9 cm³/mol. The molecule has 5 N–H and O–H groups in total. The van der Waals surface area contributed by atoms with Gasteiger partial charge < -0.3 is 21.3 Å². The summed E-state index contributed by atoms with van der Waals surface area (Å²) in [5.74, 6) is -0.420. The van der Waals surface area contributed by atoms with Crippen molar-refractivity contribution in [1.29, 1.82) is 0 Å². The Morgan fingerprint density at radius 2 is 2.05 bits per heavy atom. The van der Waals surface area contributed by atoms with Gasteiger partial charge in [-0.2, -0.15) is 0 Å². The summed E-state index contributed by atoms with van der Waals surface area (Å²) in [5.41, 5.74) is 6.16. The number of hydrogen-bond acceptors (Lipinski definition) is 4. The average Bonchev–Trinajstić information content (AvgIpc) is 2.27. The normalized spacial score (nSPS) is 13.1. The van der Waals surface area contributed by atoms with E-state index in [9.17, 15) is 15.0 Å². The van der Waals surface area contributed by atoms with Crippen molar-refractivity contribution in [1.82, 2.24) is 5.32 Å². The Morgan fingerprint density at radius 3 is 2.63 bits per heavy atom. The van der Waals surface area contributed by atoms with E-state index in [0.717, 1.165) is 0 Å². The van der Waals surface area contributed by atoms with E-state index in [1.165, 1.54) is 18.2 Å². The van der Waals surface area contributed by atoms with Crippen molar-refractivity contribution in [2.24, 2.45) is 5.41 Å². The van der Waals surface area contributed by atoms with Crippen LogP contribution in [0.25, 0.3) is 0 Å². The summed E-state index contributed by atoms with van der Waals surface area (Å²) >= 11 is 0. The number of phenolic OH excluding ortho intramolecular Hbond substituents is 1. The smallest absolute Gasteiger partial charge is 0.253 e. The van der Waals surface area contributed by atoms with Crippen molar-refractivity contribution in [3.63, 3.8) is 0 Å². The van der Waals surface area contributed by atoms with Crippen molar-refractivity contribution < 1.29 is 15.0 Å². The highest BCUT2D eigenvalue weighted by atomic mass is 16.3. The van der Waals surface area contributed by atoms with Gasteiger partial charge in [0.25, 0.3) is 5.91 Å². The molecule has 1 rings (SSSR count). The van der Waals surface area contributed by atoms with Gasteiger partial charge in [0.15, 0.2) is 0 Å². The zero-order valence-corrected chi connectivity index (χ0v) is 11.6. The number of aliphatic hydroxyl groups is 1. The number of phenols is 1. The van der Waals surface area contributed by atoms with Crippen molar-refractivity contribution in [3.05, 3.63) is 23.8 Å². The highest BCUT2D eigenvalue weighted by Gasteiger charge is 2.18. The molecule has 19 heavy (non-hydrogen) atoms. The topological polar surface area (TPSA) is 95.6 Å². The first-order valence-electron chi connectivity index (χ1n) is 6.24. The maximum Gasteiger partial charge on any atom is 0.253 e. The van der Waals surface area contributed by atoms with E-state index < -0.39 is 12.0 Å². The summed E-state index contributed by atoms with van der Waals surface area (Å²) in [6.07, 6.45) is -0.0227. The molecule has 0 spiro atoms. The van der Waals surface area contributed by atoms with E-state index in [0.29, 0.717) is 12.1 Å². The third kappa shape index (κ3) is 5.18. The van der Waals surface area contributed by atoms with Crippen LogP contribution in [0, 0.1) is 5.41 Å². The van der Waals surface area contributed by atoms with Gasteiger partial charge in [-0.3, -0.25) is 4.79 Å². The summed E-state index contributed by atoms with van der Waals surface area (Å²) < 4.78 is 0. The molecule has 0 heterocycles. The third-order valence-electron chi connectivity index (χ3n) is 2.63. The van der Waals surface area contributed by atoms with Crippen LogP contribution in [0.15, 0.2) is 18.2 Å². The molecule has 0 aliphatic heterocycles. The van der Waals surface area contributed by atoms with Crippen LogP contribution in [0.5, 0.6) is 5.75 Å². The molecule has 0 aromatic heterocycles. The minimum absolute atomic E-state index is 0.00577. The van der Waals surface area contributed by atoms with Gasteiger partial charge in [-0.1, -0.05) is 20.8 Å². The molecular weight excluding hydrogens is 244 g/mol. The van der Waals surface area contributed by atoms with E-state index in [1.54, 1.807) is 0 Å². The number of carbonyl (C=O) groups is 1. The zero-order chi connectivity index (χ0) is 14.6. The molecule has 0 aliphatic rings. The van der Waals surface area contributed by atoms with E-state index in [2.05, 4.69) is 5.32 Å².